The van der Waals surface area contributed by atoms with Gasteiger partial charge in [-0.25, -0.2) is 9.78 Å². The highest BCUT2D eigenvalue weighted by molar-refractivity contribution is 6.34. The molecule has 43 heavy (non-hydrogen) atoms. The Labute approximate surface area is 249 Å². The number of halogens is 4. The van der Waals surface area contributed by atoms with Crippen LogP contribution in [0.4, 0.5) is 23.7 Å². The van der Waals surface area contributed by atoms with Gasteiger partial charge in [0, 0.05) is 73.5 Å². The molecule has 1 aliphatic heterocycles. The predicted octanol–water partition coefficient (Wildman–Crippen LogP) is 3.17. The average molecular weight is 622 g/mol. The zero-order valence-corrected chi connectivity index (χ0v) is 24.0. The van der Waals surface area contributed by atoms with E-state index in [2.05, 4.69) is 30.8 Å². The molecule has 6 N–H and O–H groups in total. The Hall–Kier alpha value is -4.11. The average Bonchev–Trinajstić information content (AvgIpc) is 3.59. The number of amides is 4. The van der Waals surface area contributed by atoms with Gasteiger partial charge in [-0.3, -0.25) is 14.7 Å². The van der Waals surface area contributed by atoms with Gasteiger partial charge in [0.15, 0.2) is 11.5 Å². The number of carbonyl (C=O) groups is 3. The van der Waals surface area contributed by atoms with Gasteiger partial charge in [-0.1, -0.05) is 18.5 Å². The number of H-pyrrole nitrogens is 2. The van der Waals surface area contributed by atoms with E-state index in [1.54, 1.807) is 16.7 Å². The fourth-order valence-electron chi connectivity index (χ4n) is 5.16. The Balaban J connectivity index is 1.16. The molecule has 0 spiro atoms. The third-order valence-corrected chi connectivity index (χ3v) is 7.91. The molecule has 0 bridgehead atoms. The number of carbonyl (C=O) groups excluding carboxylic acids is 3. The summed E-state index contributed by atoms with van der Waals surface area (Å²) < 4.78 is 40.1. The molecule has 12 nitrogen and oxygen atoms in total. The molecule has 0 unspecified atom stereocenters. The number of nitrogens with two attached hydrogens (primary N) is 1. The number of hydrogen-bond donors (Lipinski definition) is 5. The molecule has 3 heterocycles. The van der Waals surface area contributed by atoms with Crippen molar-refractivity contribution in [1.29, 1.82) is 0 Å². The summed E-state index contributed by atoms with van der Waals surface area (Å²) in [5, 5.41) is 11.5. The maximum absolute atomic E-state index is 13.4. The van der Waals surface area contributed by atoms with E-state index in [9.17, 15) is 27.6 Å². The highest BCUT2D eigenvalue weighted by Gasteiger charge is 2.38. The van der Waals surface area contributed by atoms with Gasteiger partial charge in [-0.15, -0.1) is 0 Å². The topological polar surface area (TPSA) is 165 Å². The van der Waals surface area contributed by atoms with Gasteiger partial charge in [0.1, 0.15) is 0 Å². The minimum absolute atomic E-state index is 0.0128. The quantitative estimate of drug-likeness (QED) is 0.272. The third kappa shape index (κ3) is 6.77. The standard InChI is InChI=1S/C27H31ClF3N9O3/c1-2-21-19(22(38-37-21)27(29,30)31)11-17-13-33-23(34-17)24(41)35-15-3-4-18(20(28)12-15)25(42)39-5-7-40(8-6-39)26(43)36-16-9-14(32)10-16/h3-4,12-14,16H,2,5-11,32H2,1H3,(H,33,34)(H,35,41)(H,36,43)(H,37,38). The number of hydrogen-bond acceptors (Lipinski definition) is 6. The number of nitrogens with one attached hydrogen (secondary N) is 4. The fourth-order valence-corrected chi connectivity index (χ4v) is 5.42. The Morgan fingerprint density at radius 3 is 2.47 bits per heavy atom. The fraction of sp³-hybridized carbons (Fsp3) is 0.444. The third-order valence-electron chi connectivity index (χ3n) is 7.60. The molecule has 1 saturated heterocycles. The van der Waals surface area contributed by atoms with Crippen LogP contribution in [0.5, 0.6) is 0 Å². The maximum atomic E-state index is 13.4. The second-order valence-electron chi connectivity index (χ2n) is 10.6. The number of benzene rings is 1. The molecule has 0 radical (unpaired) electrons. The second kappa shape index (κ2) is 12.2. The predicted molar refractivity (Wildman–Crippen MR) is 151 cm³/mol. The summed E-state index contributed by atoms with van der Waals surface area (Å²) >= 11 is 6.40. The van der Waals surface area contributed by atoms with Crippen molar-refractivity contribution in [2.24, 2.45) is 5.73 Å². The Morgan fingerprint density at radius 1 is 1.14 bits per heavy atom. The van der Waals surface area contributed by atoms with Crippen LogP contribution < -0.4 is 16.4 Å². The first-order valence-electron chi connectivity index (χ1n) is 13.8. The zero-order chi connectivity index (χ0) is 30.9. The van der Waals surface area contributed by atoms with Crippen LogP contribution in [0.25, 0.3) is 0 Å². The molecule has 3 aromatic rings. The lowest BCUT2D eigenvalue weighted by Gasteiger charge is -2.38. The molecule has 0 atom stereocenters. The van der Waals surface area contributed by atoms with Crippen LogP contribution in [-0.4, -0.2) is 86.1 Å². The normalized spacial score (nSPS) is 18.7. The maximum Gasteiger partial charge on any atom is 0.435 e. The molecule has 1 saturated carbocycles. The van der Waals surface area contributed by atoms with E-state index in [0.717, 1.165) is 12.8 Å². The molecule has 5 rings (SSSR count). The number of aromatic nitrogens is 4. The van der Waals surface area contributed by atoms with Crippen LogP contribution >= 0.6 is 11.6 Å². The lowest BCUT2D eigenvalue weighted by atomic mass is 9.88. The van der Waals surface area contributed by atoms with Crippen molar-refractivity contribution >= 4 is 35.1 Å². The summed E-state index contributed by atoms with van der Waals surface area (Å²) in [7, 11) is 0. The molecule has 2 aliphatic rings. The van der Waals surface area contributed by atoms with Crippen molar-refractivity contribution in [2.45, 2.75) is 50.9 Å². The molecule has 2 fully saturated rings. The van der Waals surface area contributed by atoms with Crippen molar-refractivity contribution in [3.63, 3.8) is 0 Å². The van der Waals surface area contributed by atoms with Crippen LogP contribution in [0.3, 0.4) is 0 Å². The Bertz CT molecular complexity index is 1510. The van der Waals surface area contributed by atoms with E-state index >= 15 is 0 Å². The summed E-state index contributed by atoms with van der Waals surface area (Å²) in [5.41, 5.74) is 5.94. The summed E-state index contributed by atoms with van der Waals surface area (Å²) in [4.78, 5) is 48.4. The Morgan fingerprint density at radius 2 is 1.84 bits per heavy atom. The number of imidazole rings is 1. The number of anilines is 1. The van der Waals surface area contributed by atoms with E-state index in [4.69, 9.17) is 17.3 Å². The van der Waals surface area contributed by atoms with Gasteiger partial charge in [-0.2, -0.15) is 18.3 Å². The van der Waals surface area contributed by atoms with E-state index in [1.807, 2.05) is 0 Å². The van der Waals surface area contributed by atoms with Crippen LogP contribution in [0.1, 0.15) is 63.4 Å². The van der Waals surface area contributed by atoms with Crippen LogP contribution in [0.2, 0.25) is 5.02 Å². The van der Waals surface area contributed by atoms with E-state index in [0.29, 0.717) is 49.7 Å². The van der Waals surface area contributed by atoms with Gasteiger partial charge in [0.05, 0.1) is 10.6 Å². The van der Waals surface area contributed by atoms with Gasteiger partial charge < -0.3 is 31.2 Å². The van der Waals surface area contributed by atoms with Crippen molar-refractivity contribution in [1.82, 2.24) is 35.3 Å². The van der Waals surface area contributed by atoms with E-state index in [1.165, 1.54) is 24.4 Å². The minimum atomic E-state index is -4.62. The first-order valence-corrected chi connectivity index (χ1v) is 14.2. The molecular formula is C27H31ClF3N9O3. The number of aryl methyl sites for hydroxylation is 1. The van der Waals surface area contributed by atoms with Crippen molar-refractivity contribution < 1.29 is 27.6 Å². The monoisotopic (exact) mass is 621 g/mol. The van der Waals surface area contributed by atoms with Crippen molar-refractivity contribution in [2.75, 3.05) is 31.5 Å². The highest BCUT2D eigenvalue weighted by Crippen LogP contribution is 2.33. The smallest absolute Gasteiger partial charge is 0.337 e. The summed E-state index contributed by atoms with van der Waals surface area (Å²) in [6.07, 6.45) is -1.63. The van der Waals surface area contributed by atoms with Crippen LogP contribution in [0.15, 0.2) is 24.4 Å². The van der Waals surface area contributed by atoms with Gasteiger partial charge >= 0.3 is 12.2 Å². The molecule has 1 aromatic carbocycles. The second-order valence-corrected chi connectivity index (χ2v) is 11.0. The van der Waals surface area contributed by atoms with Crippen LogP contribution in [-0.2, 0) is 19.0 Å². The van der Waals surface area contributed by atoms with Gasteiger partial charge in [0.25, 0.3) is 11.8 Å². The summed E-state index contributed by atoms with van der Waals surface area (Å²) in [6.45, 7) is 3.15. The Kier molecular flexibility index (Phi) is 8.64. The zero-order valence-electron chi connectivity index (χ0n) is 23.2. The van der Waals surface area contributed by atoms with Crippen molar-refractivity contribution in [3.8, 4) is 0 Å². The summed E-state index contributed by atoms with van der Waals surface area (Å²) in [5.74, 6) is -1.05. The number of aromatic amines is 2. The number of nitrogens with zero attached hydrogens (tertiary/aromatic N) is 4. The minimum Gasteiger partial charge on any atom is -0.337 e. The number of urea groups is 1. The highest BCUT2D eigenvalue weighted by atomic mass is 35.5. The molecule has 16 heteroatoms. The SMILES string of the molecule is CCc1[nH]nc(C(F)(F)F)c1Cc1cnc(C(=O)Nc2ccc(C(=O)N3CCN(C(=O)NC4CC(N)C4)CC3)c(Cl)c2)[nH]1. The summed E-state index contributed by atoms with van der Waals surface area (Å²) in [6, 6.07) is 4.51. The van der Waals surface area contributed by atoms with E-state index < -0.39 is 17.8 Å². The largest absolute Gasteiger partial charge is 0.435 e. The molecular weight excluding hydrogens is 591 g/mol. The first-order chi connectivity index (χ1) is 20.4. The molecule has 4 amide bonds. The first kappa shape index (κ1) is 30.4. The van der Waals surface area contributed by atoms with Gasteiger partial charge in [0.2, 0.25) is 0 Å². The lowest BCUT2D eigenvalue weighted by Crippen LogP contribution is -2.57. The molecule has 1 aliphatic carbocycles. The lowest BCUT2D eigenvalue weighted by molar-refractivity contribution is -0.141. The van der Waals surface area contributed by atoms with E-state index in [-0.39, 0.29) is 52.4 Å². The number of piperazine rings is 1. The number of alkyl halides is 3. The number of rotatable bonds is 7. The molecule has 230 valence electrons. The van der Waals surface area contributed by atoms with Gasteiger partial charge in [-0.05, 0) is 37.5 Å². The van der Waals surface area contributed by atoms with Crippen molar-refractivity contribution in [3.05, 3.63) is 63.5 Å². The molecule has 2 aromatic heterocycles. The van der Waals surface area contributed by atoms with Crippen LogP contribution in [0, 0.1) is 0 Å².